The first-order chi connectivity index (χ1) is 18.8. The van der Waals surface area contributed by atoms with Crippen molar-refractivity contribution >= 4 is 17.4 Å². The van der Waals surface area contributed by atoms with Gasteiger partial charge in [-0.15, -0.1) is 0 Å². The van der Waals surface area contributed by atoms with E-state index in [9.17, 15) is 31.1 Å². The van der Waals surface area contributed by atoms with Gasteiger partial charge < -0.3 is 9.80 Å². The number of para-hydroxylation sites is 1. The van der Waals surface area contributed by atoms with Gasteiger partial charge in [0.05, 0.1) is 35.7 Å². The fourth-order valence-corrected chi connectivity index (χ4v) is 5.48. The highest BCUT2D eigenvalue weighted by atomic mass is 19.4. The van der Waals surface area contributed by atoms with E-state index in [1.54, 1.807) is 6.07 Å². The Balaban J connectivity index is 1.44. The number of aromatic nitrogens is 3. The Labute approximate surface area is 227 Å². The van der Waals surface area contributed by atoms with Crippen molar-refractivity contribution in [3.05, 3.63) is 71.1 Å². The molecule has 0 aliphatic carbocycles. The van der Waals surface area contributed by atoms with Gasteiger partial charge in [0, 0.05) is 38.4 Å². The van der Waals surface area contributed by atoms with Crippen molar-refractivity contribution in [2.24, 2.45) is 0 Å². The summed E-state index contributed by atoms with van der Waals surface area (Å²) in [5, 5.41) is 4.26. The van der Waals surface area contributed by atoms with Crippen LogP contribution in [0, 0.1) is 12.7 Å². The third kappa shape index (κ3) is 5.59. The van der Waals surface area contributed by atoms with E-state index in [4.69, 9.17) is 0 Å². The molecule has 5 rings (SSSR count). The summed E-state index contributed by atoms with van der Waals surface area (Å²) in [5.41, 5.74) is 0.419. The molecule has 7 nitrogen and oxygen atoms in total. The Bertz CT molecular complexity index is 1370. The summed E-state index contributed by atoms with van der Waals surface area (Å²) >= 11 is 0. The fraction of sp³-hybridized carbons (Fsp3) is 0.444. The summed E-state index contributed by atoms with van der Waals surface area (Å²) in [4.78, 5) is 22.2. The smallest absolute Gasteiger partial charge is 0.369 e. The maximum absolute atomic E-state index is 14.5. The van der Waals surface area contributed by atoms with Crippen LogP contribution in [0.4, 0.5) is 42.5 Å². The van der Waals surface area contributed by atoms with Crippen molar-refractivity contribution in [3.8, 4) is 0 Å². The number of urea groups is 1. The first kappa shape index (κ1) is 27.8. The number of alkyl halides is 5. The molecule has 1 aromatic carbocycles. The molecule has 0 spiro atoms. The lowest BCUT2D eigenvalue weighted by molar-refractivity contribution is -0.138. The lowest BCUT2D eigenvalue weighted by atomic mass is 10.00. The first-order valence-corrected chi connectivity index (χ1v) is 12.9. The molecule has 214 valence electrons. The van der Waals surface area contributed by atoms with Crippen molar-refractivity contribution in [1.82, 2.24) is 19.7 Å². The standard InChI is InChI=1S/C27H28F6N6O/c1-17-5-3-7-20(28)24(17)36-11-8-18(9-12-36)38-14-22-23(15-37(35-22)16-26(2,29)30)39(25(38)40)13-21-19(27(31,32)33)6-4-10-34-21/h3-7,10,15,18H,8-9,11-14,16H2,1-2H3. The van der Waals surface area contributed by atoms with Gasteiger partial charge in [-0.1, -0.05) is 12.1 Å². The van der Waals surface area contributed by atoms with E-state index in [0.717, 1.165) is 34.2 Å². The molecule has 13 heteroatoms. The molecule has 40 heavy (non-hydrogen) atoms. The average Bonchev–Trinajstić information content (AvgIpc) is 3.26. The molecule has 4 heterocycles. The van der Waals surface area contributed by atoms with Crippen LogP contribution in [0.1, 0.15) is 42.3 Å². The van der Waals surface area contributed by atoms with Gasteiger partial charge in [-0.05, 0) is 43.5 Å². The monoisotopic (exact) mass is 566 g/mol. The number of nitrogens with zero attached hydrogens (tertiary/aromatic N) is 6. The minimum absolute atomic E-state index is 0.0185. The molecule has 1 fully saturated rings. The van der Waals surface area contributed by atoms with E-state index in [2.05, 4.69) is 10.1 Å². The number of aryl methyl sites for hydroxylation is 1. The molecule has 0 N–H and O–H groups in total. The molecular weight excluding hydrogens is 538 g/mol. The quantitative estimate of drug-likeness (QED) is 0.343. The van der Waals surface area contributed by atoms with Gasteiger partial charge >= 0.3 is 12.2 Å². The summed E-state index contributed by atoms with van der Waals surface area (Å²) in [6.07, 6.45) is -1.26. The topological polar surface area (TPSA) is 57.5 Å². The molecule has 0 atom stereocenters. The van der Waals surface area contributed by atoms with Crippen molar-refractivity contribution in [3.63, 3.8) is 0 Å². The van der Waals surface area contributed by atoms with E-state index in [1.165, 1.54) is 23.4 Å². The lowest BCUT2D eigenvalue weighted by Crippen LogP contribution is -2.54. The third-order valence-electron chi connectivity index (χ3n) is 7.26. The van der Waals surface area contributed by atoms with Gasteiger partial charge in [0.15, 0.2) is 0 Å². The van der Waals surface area contributed by atoms with Gasteiger partial charge in [-0.2, -0.15) is 18.3 Å². The molecule has 0 saturated carbocycles. The van der Waals surface area contributed by atoms with Crippen LogP contribution in [-0.4, -0.2) is 50.7 Å². The largest absolute Gasteiger partial charge is 0.418 e. The Kier molecular flexibility index (Phi) is 7.17. The minimum Gasteiger partial charge on any atom is -0.369 e. The number of amides is 2. The van der Waals surface area contributed by atoms with Crippen LogP contribution in [0.5, 0.6) is 0 Å². The second kappa shape index (κ2) is 10.3. The number of hydrogen-bond acceptors (Lipinski definition) is 4. The van der Waals surface area contributed by atoms with Crippen molar-refractivity contribution < 1.29 is 31.1 Å². The maximum atomic E-state index is 14.5. The number of carbonyl (C=O) groups excluding carboxylic acids is 1. The summed E-state index contributed by atoms with van der Waals surface area (Å²) in [6, 6.07) is 6.03. The molecule has 0 unspecified atom stereocenters. The highest BCUT2D eigenvalue weighted by molar-refractivity contribution is 5.94. The molecule has 2 aromatic heterocycles. The average molecular weight is 567 g/mol. The van der Waals surface area contributed by atoms with Crippen LogP contribution in [0.3, 0.4) is 0 Å². The molecule has 3 aromatic rings. The number of halogens is 6. The summed E-state index contributed by atoms with van der Waals surface area (Å²) < 4.78 is 84.2. The normalized spacial score (nSPS) is 17.0. The van der Waals surface area contributed by atoms with Crippen LogP contribution < -0.4 is 9.80 Å². The summed E-state index contributed by atoms with van der Waals surface area (Å²) in [7, 11) is 0. The van der Waals surface area contributed by atoms with Crippen LogP contribution in [0.2, 0.25) is 0 Å². The lowest BCUT2D eigenvalue weighted by Gasteiger charge is -2.43. The van der Waals surface area contributed by atoms with Crippen LogP contribution in [0.25, 0.3) is 0 Å². The van der Waals surface area contributed by atoms with Gasteiger partial charge in [0.2, 0.25) is 0 Å². The Morgan fingerprint density at radius 2 is 1.77 bits per heavy atom. The predicted octanol–water partition coefficient (Wildman–Crippen LogP) is 6.01. The Morgan fingerprint density at radius 1 is 1.05 bits per heavy atom. The second-order valence-electron chi connectivity index (χ2n) is 10.3. The molecule has 2 aliphatic rings. The number of hydrogen-bond donors (Lipinski definition) is 0. The van der Waals surface area contributed by atoms with E-state index >= 15 is 0 Å². The van der Waals surface area contributed by atoms with Crippen LogP contribution >= 0.6 is 0 Å². The van der Waals surface area contributed by atoms with Gasteiger partial charge in [-0.3, -0.25) is 14.6 Å². The zero-order valence-electron chi connectivity index (χ0n) is 21.9. The summed E-state index contributed by atoms with van der Waals surface area (Å²) in [5.74, 6) is -3.43. The van der Waals surface area contributed by atoms with Crippen molar-refractivity contribution in [2.45, 2.75) is 64.5 Å². The number of anilines is 2. The molecular formula is C27H28F6N6O. The number of rotatable bonds is 6. The molecule has 2 aliphatic heterocycles. The molecule has 0 bridgehead atoms. The third-order valence-corrected chi connectivity index (χ3v) is 7.26. The maximum Gasteiger partial charge on any atom is 0.418 e. The van der Waals surface area contributed by atoms with E-state index in [1.807, 2.05) is 17.9 Å². The second-order valence-corrected chi connectivity index (χ2v) is 10.3. The highest BCUT2D eigenvalue weighted by Crippen LogP contribution is 2.37. The SMILES string of the molecule is Cc1cccc(F)c1N1CCC(N2Cc3nn(CC(C)(F)F)cc3N(Cc3ncccc3C(F)(F)F)C2=O)CC1. The number of fused-ring (bicyclic) bond motifs is 1. The summed E-state index contributed by atoms with van der Waals surface area (Å²) in [6.45, 7) is 2.22. The molecule has 2 amide bonds. The van der Waals surface area contributed by atoms with Crippen LogP contribution in [-0.2, 0) is 25.8 Å². The van der Waals surface area contributed by atoms with Gasteiger partial charge in [0.25, 0.3) is 5.92 Å². The number of carbonyl (C=O) groups is 1. The Hall–Kier alpha value is -3.77. The van der Waals surface area contributed by atoms with Gasteiger partial charge in [-0.25, -0.2) is 18.0 Å². The molecule has 0 radical (unpaired) electrons. The van der Waals surface area contributed by atoms with Gasteiger partial charge in [0.1, 0.15) is 18.1 Å². The van der Waals surface area contributed by atoms with E-state index in [-0.39, 0.29) is 29.8 Å². The van der Waals surface area contributed by atoms with Crippen molar-refractivity contribution in [2.75, 3.05) is 22.9 Å². The van der Waals surface area contributed by atoms with Crippen molar-refractivity contribution in [1.29, 1.82) is 0 Å². The first-order valence-electron chi connectivity index (χ1n) is 12.9. The van der Waals surface area contributed by atoms with E-state index in [0.29, 0.717) is 37.3 Å². The minimum atomic E-state index is -4.70. The zero-order valence-corrected chi connectivity index (χ0v) is 21.9. The van der Waals surface area contributed by atoms with E-state index < -0.39 is 36.8 Å². The molecule has 1 saturated heterocycles. The zero-order chi connectivity index (χ0) is 28.8. The predicted molar refractivity (Wildman–Crippen MR) is 136 cm³/mol. The number of piperidine rings is 1. The Morgan fingerprint density at radius 3 is 2.42 bits per heavy atom. The number of pyridine rings is 1. The highest BCUT2D eigenvalue weighted by Gasteiger charge is 2.41. The number of benzene rings is 1. The van der Waals surface area contributed by atoms with Crippen LogP contribution in [0.15, 0.2) is 42.7 Å². The fourth-order valence-electron chi connectivity index (χ4n) is 5.48.